The third-order valence-electron chi connectivity index (χ3n) is 3.51. The highest BCUT2D eigenvalue weighted by Crippen LogP contribution is 2.33. The number of hydrogen-bond donors (Lipinski definition) is 1. The Morgan fingerprint density at radius 1 is 1.30 bits per heavy atom. The van der Waals surface area contributed by atoms with E-state index in [9.17, 15) is 9.59 Å². The van der Waals surface area contributed by atoms with E-state index in [1.54, 1.807) is 11.6 Å². The quantitative estimate of drug-likeness (QED) is 0.853. The minimum atomic E-state index is -0.407. The Labute approximate surface area is 139 Å². The number of aryl methyl sites for hydroxylation is 3. The van der Waals surface area contributed by atoms with E-state index < -0.39 is 5.97 Å². The van der Waals surface area contributed by atoms with E-state index in [1.807, 2.05) is 33.8 Å². The number of nitrogens with one attached hydrogen (secondary N) is 1. The van der Waals surface area contributed by atoms with Crippen molar-refractivity contribution >= 4 is 28.2 Å². The molecule has 2 rings (SSSR count). The molecule has 124 valence electrons. The van der Waals surface area contributed by atoms with Crippen LogP contribution in [0.1, 0.15) is 39.1 Å². The van der Waals surface area contributed by atoms with Crippen LogP contribution in [-0.2, 0) is 16.1 Å². The summed E-state index contributed by atoms with van der Waals surface area (Å²) in [5.41, 5.74) is 3.07. The number of ether oxygens (including phenoxy) is 1. The first kappa shape index (κ1) is 17.2. The van der Waals surface area contributed by atoms with Crippen LogP contribution in [0, 0.1) is 27.7 Å². The smallest absolute Gasteiger partial charge is 0.341 e. The molecule has 0 atom stereocenters. The average Bonchev–Trinajstić information content (AvgIpc) is 2.90. The Morgan fingerprint density at radius 2 is 2.00 bits per heavy atom. The van der Waals surface area contributed by atoms with Gasteiger partial charge >= 0.3 is 5.97 Å². The van der Waals surface area contributed by atoms with Gasteiger partial charge in [-0.15, -0.1) is 11.3 Å². The molecule has 0 spiro atoms. The van der Waals surface area contributed by atoms with Crippen molar-refractivity contribution in [1.29, 1.82) is 0 Å². The summed E-state index contributed by atoms with van der Waals surface area (Å²) in [7, 11) is 0. The second-order valence-electron chi connectivity index (χ2n) is 5.34. The van der Waals surface area contributed by atoms with Crippen LogP contribution >= 0.6 is 11.3 Å². The fourth-order valence-corrected chi connectivity index (χ4v) is 3.37. The van der Waals surface area contributed by atoms with Crippen molar-refractivity contribution in [2.45, 2.75) is 41.2 Å². The van der Waals surface area contributed by atoms with E-state index >= 15 is 0 Å². The largest absolute Gasteiger partial charge is 0.462 e. The Morgan fingerprint density at radius 3 is 2.57 bits per heavy atom. The molecule has 6 nitrogen and oxygen atoms in total. The second kappa shape index (κ2) is 6.95. The van der Waals surface area contributed by atoms with Gasteiger partial charge in [0, 0.05) is 10.6 Å². The van der Waals surface area contributed by atoms with Crippen molar-refractivity contribution in [2.75, 3.05) is 11.9 Å². The van der Waals surface area contributed by atoms with Crippen LogP contribution < -0.4 is 5.32 Å². The van der Waals surface area contributed by atoms with E-state index in [-0.39, 0.29) is 12.5 Å². The van der Waals surface area contributed by atoms with Gasteiger partial charge in [-0.05, 0) is 46.2 Å². The van der Waals surface area contributed by atoms with E-state index in [4.69, 9.17) is 4.74 Å². The van der Waals surface area contributed by atoms with Crippen molar-refractivity contribution in [1.82, 2.24) is 9.78 Å². The number of anilines is 1. The molecule has 0 aromatic carbocycles. The zero-order valence-electron chi connectivity index (χ0n) is 14.0. The molecular formula is C16H21N3O3S. The number of hydrogen-bond acceptors (Lipinski definition) is 5. The molecule has 23 heavy (non-hydrogen) atoms. The van der Waals surface area contributed by atoms with Gasteiger partial charge in [-0.3, -0.25) is 9.48 Å². The zero-order chi connectivity index (χ0) is 17.1. The maximum absolute atomic E-state index is 12.3. The zero-order valence-corrected chi connectivity index (χ0v) is 14.8. The van der Waals surface area contributed by atoms with Gasteiger partial charge in [0.2, 0.25) is 5.91 Å². The predicted octanol–water partition coefficient (Wildman–Crippen LogP) is 2.99. The number of aromatic nitrogens is 2. The topological polar surface area (TPSA) is 73.2 Å². The Kier molecular flexibility index (Phi) is 5.20. The van der Waals surface area contributed by atoms with Gasteiger partial charge in [-0.1, -0.05) is 0 Å². The van der Waals surface area contributed by atoms with Crippen molar-refractivity contribution in [3.8, 4) is 0 Å². The van der Waals surface area contributed by atoms with Gasteiger partial charge in [0.15, 0.2) is 0 Å². The molecule has 0 radical (unpaired) electrons. The highest BCUT2D eigenvalue weighted by Gasteiger charge is 2.22. The summed E-state index contributed by atoms with van der Waals surface area (Å²) in [5.74, 6) is -0.626. The fourth-order valence-electron chi connectivity index (χ4n) is 2.30. The van der Waals surface area contributed by atoms with E-state index in [2.05, 4.69) is 10.4 Å². The van der Waals surface area contributed by atoms with Crippen molar-refractivity contribution < 1.29 is 14.3 Å². The summed E-state index contributed by atoms with van der Waals surface area (Å²) < 4.78 is 6.72. The van der Waals surface area contributed by atoms with Crippen LogP contribution in [0.15, 0.2) is 6.07 Å². The van der Waals surface area contributed by atoms with Gasteiger partial charge in [-0.25, -0.2) is 4.79 Å². The first-order valence-electron chi connectivity index (χ1n) is 7.41. The Balaban J connectivity index is 2.19. The van der Waals surface area contributed by atoms with Gasteiger partial charge in [-0.2, -0.15) is 5.10 Å². The van der Waals surface area contributed by atoms with Crippen LogP contribution in [0.5, 0.6) is 0 Å². The number of amides is 1. The monoisotopic (exact) mass is 335 g/mol. The summed E-state index contributed by atoms with van der Waals surface area (Å²) >= 11 is 1.38. The van der Waals surface area contributed by atoms with Crippen LogP contribution in [0.2, 0.25) is 0 Å². The summed E-state index contributed by atoms with van der Waals surface area (Å²) in [6.45, 7) is 9.72. The molecule has 1 amide bonds. The van der Waals surface area contributed by atoms with Crippen molar-refractivity contribution in [3.05, 3.63) is 33.5 Å². The third-order valence-corrected chi connectivity index (χ3v) is 4.64. The van der Waals surface area contributed by atoms with Crippen LogP contribution in [0.4, 0.5) is 5.00 Å². The number of carbonyl (C=O) groups is 2. The van der Waals surface area contributed by atoms with Crippen LogP contribution in [0.3, 0.4) is 0 Å². The molecule has 7 heteroatoms. The van der Waals surface area contributed by atoms with Gasteiger partial charge in [0.05, 0.1) is 17.9 Å². The Hall–Kier alpha value is -2.15. The predicted molar refractivity (Wildman–Crippen MR) is 90.1 cm³/mol. The fraction of sp³-hybridized carbons (Fsp3) is 0.438. The molecule has 0 aliphatic heterocycles. The number of esters is 1. The molecule has 0 fully saturated rings. The van der Waals surface area contributed by atoms with E-state index in [0.717, 1.165) is 21.8 Å². The van der Waals surface area contributed by atoms with Crippen LogP contribution in [-0.4, -0.2) is 28.3 Å². The average molecular weight is 335 g/mol. The number of carbonyl (C=O) groups excluding carboxylic acids is 2. The molecule has 0 unspecified atom stereocenters. The van der Waals surface area contributed by atoms with Gasteiger partial charge < -0.3 is 10.1 Å². The van der Waals surface area contributed by atoms with Gasteiger partial charge in [0.1, 0.15) is 11.5 Å². The molecule has 0 saturated carbocycles. The van der Waals surface area contributed by atoms with Gasteiger partial charge in [0.25, 0.3) is 0 Å². The Bertz CT molecular complexity index is 746. The summed E-state index contributed by atoms with van der Waals surface area (Å²) in [6, 6.07) is 1.91. The van der Waals surface area contributed by atoms with Crippen molar-refractivity contribution in [2.24, 2.45) is 0 Å². The molecule has 1 N–H and O–H groups in total. The first-order chi connectivity index (χ1) is 10.8. The normalized spacial score (nSPS) is 10.7. The SMILES string of the molecule is CCOC(=O)c1c(NC(=O)Cn2nc(C)cc2C)sc(C)c1C. The van der Waals surface area contributed by atoms with Crippen molar-refractivity contribution in [3.63, 3.8) is 0 Å². The molecule has 2 heterocycles. The number of rotatable bonds is 5. The minimum Gasteiger partial charge on any atom is -0.462 e. The lowest BCUT2D eigenvalue weighted by molar-refractivity contribution is -0.116. The number of thiophene rings is 1. The minimum absolute atomic E-state index is 0.109. The lowest BCUT2D eigenvalue weighted by Gasteiger charge is -2.08. The lowest BCUT2D eigenvalue weighted by atomic mass is 10.1. The summed E-state index contributed by atoms with van der Waals surface area (Å²) in [4.78, 5) is 25.4. The molecule has 0 aliphatic carbocycles. The molecule has 0 bridgehead atoms. The van der Waals surface area contributed by atoms with Crippen LogP contribution in [0.25, 0.3) is 0 Å². The van der Waals surface area contributed by atoms with E-state index in [0.29, 0.717) is 17.2 Å². The molecule has 0 saturated heterocycles. The number of nitrogens with zero attached hydrogens (tertiary/aromatic N) is 2. The molecule has 2 aromatic heterocycles. The molecule has 2 aromatic rings. The highest BCUT2D eigenvalue weighted by molar-refractivity contribution is 7.16. The maximum Gasteiger partial charge on any atom is 0.341 e. The lowest BCUT2D eigenvalue weighted by Crippen LogP contribution is -2.21. The standard InChI is InChI=1S/C16H21N3O3S/c1-6-22-16(21)14-11(4)12(5)23-15(14)17-13(20)8-19-10(3)7-9(2)18-19/h7H,6,8H2,1-5H3,(H,17,20). The highest BCUT2D eigenvalue weighted by atomic mass is 32.1. The van der Waals surface area contributed by atoms with E-state index in [1.165, 1.54) is 11.3 Å². The summed E-state index contributed by atoms with van der Waals surface area (Å²) in [5, 5.41) is 7.62. The molecular weight excluding hydrogens is 314 g/mol. The third kappa shape index (κ3) is 3.79. The summed E-state index contributed by atoms with van der Waals surface area (Å²) in [6.07, 6.45) is 0. The molecule has 0 aliphatic rings. The first-order valence-corrected chi connectivity index (χ1v) is 8.23. The second-order valence-corrected chi connectivity index (χ2v) is 6.57. The maximum atomic E-state index is 12.3.